The van der Waals surface area contributed by atoms with Gasteiger partial charge in [-0.05, 0) is 24.3 Å². The van der Waals surface area contributed by atoms with Crippen molar-refractivity contribution >= 4 is 27.7 Å². The van der Waals surface area contributed by atoms with Crippen molar-refractivity contribution in [2.75, 3.05) is 51.4 Å². The van der Waals surface area contributed by atoms with E-state index in [4.69, 9.17) is 9.84 Å². The van der Waals surface area contributed by atoms with Gasteiger partial charge in [0.15, 0.2) is 0 Å². The van der Waals surface area contributed by atoms with Gasteiger partial charge in [0, 0.05) is 31.9 Å². The maximum absolute atomic E-state index is 12.6. The van der Waals surface area contributed by atoms with Gasteiger partial charge >= 0.3 is 0 Å². The number of aliphatic hydroxyl groups is 1. The summed E-state index contributed by atoms with van der Waals surface area (Å²) in [4.78, 5) is 13.9. The van der Waals surface area contributed by atoms with Crippen molar-refractivity contribution in [1.29, 1.82) is 0 Å². The van der Waals surface area contributed by atoms with Gasteiger partial charge in [-0.2, -0.15) is 4.31 Å². The number of amides is 1. The van der Waals surface area contributed by atoms with Gasteiger partial charge in [0.2, 0.25) is 15.9 Å². The summed E-state index contributed by atoms with van der Waals surface area (Å²) in [6.45, 7) is 1.38. The number of carbonyl (C=O) groups is 1. The number of hydrogen-bond donors (Lipinski definition) is 1. The number of methoxy groups -OCH3 is 1. The van der Waals surface area contributed by atoms with Crippen LogP contribution in [-0.2, 0) is 14.8 Å². The highest BCUT2D eigenvalue weighted by Gasteiger charge is 2.29. The van der Waals surface area contributed by atoms with E-state index in [1.165, 1.54) is 35.3 Å². The highest BCUT2D eigenvalue weighted by Crippen LogP contribution is 2.20. The first-order chi connectivity index (χ1) is 11.5. The first kappa shape index (κ1) is 19.0. The lowest BCUT2D eigenvalue weighted by atomic mass is 10.3. The maximum atomic E-state index is 12.6. The van der Waals surface area contributed by atoms with Gasteiger partial charge in [0.05, 0.1) is 24.4 Å². The van der Waals surface area contributed by atoms with Crippen LogP contribution in [0.2, 0.25) is 0 Å². The average molecular weight is 374 g/mol. The molecule has 1 fully saturated rings. The van der Waals surface area contributed by atoms with E-state index in [1.807, 2.05) is 0 Å². The Morgan fingerprint density at radius 3 is 2.38 bits per heavy atom. The van der Waals surface area contributed by atoms with Crippen LogP contribution >= 0.6 is 11.8 Å². The highest BCUT2D eigenvalue weighted by atomic mass is 32.2. The van der Waals surface area contributed by atoms with Crippen LogP contribution in [0.3, 0.4) is 0 Å². The summed E-state index contributed by atoms with van der Waals surface area (Å²) in [5.41, 5.74) is 0. The molecular weight excluding hydrogens is 352 g/mol. The van der Waals surface area contributed by atoms with Crippen molar-refractivity contribution in [3.8, 4) is 5.75 Å². The summed E-state index contributed by atoms with van der Waals surface area (Å²) < 4.78 is 31.7. The number of aliphatic hydroxyl groups excluding tert-OH is 1. The zero-order chi connectivity index (χ0) is 17.6. The first-order valence-corrected chi connectivity index (χ1v) is 10.2. The molecule has 1 aromatic carbocycles. The van der Waals surface area contributed by atoms with Crippen molar-refractivity contribution in [2.45, 2.75) is 4.90 Å². The van der Waals surface area contributed by atoms with Crippen LogP contribution in [0.4, 0.5) is 0 Å². The van der Waals surface area contributed by atoms with E-state index in [1.54, 1.807) is 17.0 Å². The molecule has 1 aromatic rings. The van der Waals surface area contributed by atoms with Crippen LogP contribution in [0.25, 0.3) is 0 Å². The molecular formula is C15H22N2O5S2. The number of carbonyl (C=O) groups excluding carboxylic acids is 1. The summed E-state index contributed by atoms with van der Waals surface area (Å²) in [5, 5.41) is 8.73. The fraction of sp³-hybridized carbons (Fsp3) is 0.533. The normalized spacial score (nSPS) is 16.2. The Balaban J connectivity index is 1.94. The lowest BCUT2D eigenvalue weighted by molar-refractivity contribution is -0.129. The molecule has 1 aliphatic rings. The number of nitrogens with zero attached hydrogens (tertiary/aromatic N) is 2. The Labute approximate surface area is 146 Å². The van der Waals surface area contributed by atoms with E-state index < -0.39 is 10.0 Å². The molecule has 1 aliphatic heterocycles. The second-order valence-corrected chi connectivity index (χ2v) is 8.28. The second-order valence-electron chi connectivity index (χ2n) is 5.24. The topological polar surface area (TPSA) is 87.2 Å². The second kappa shape index (κ2) is 8.70. The van der Waals surface area contributed by atoms with Gasteiger partial charge < -0.3 is 14.7 Å². The minimum atomic E-state index is -3.56. The molecule has 1 heterocycles. The fourth-order valence-electron chi connectivity index (χ4n) is 2.39. The Morgan fingerprint density at radius 1 is 1.21 bits per heavy atom. The molecule has 1 saturated heterocycles. The van der Waals surface area contributed by atoms with Gasteiger partial charge in [-0.1, -0.05) is 0 Å². The predicted molar refractivity (Wildman–Crippen MR) is 92.7 cm³/mol. The zero-order valence-electron chi connectivity index (χ0n) is 13.6. The van der Waals surface area contributed by atoms with E-state index >= 15 is 0 Å². The maximum Gasteiger partial charge on any atom is 0.243 e. The van der Waals surface area contributed by atoms with Gasteiger partial charge in [-0.3, -0.25) is 4.79 Å². The van der Waals surface area contributed by atoms with Crippen molar-refractivity contribution in [1.82, 2.24) is 9.21 Å². The molecule has 0 aliphatic carbocycles. The van der Waals surface area contributed by atoms with Gasteiger partial charge in [0.1, 0.15) is 5.75 Å². The molecule has 0 atom stereocenters. The molecule has 0 unspecified atom stereocenters. The molecule has 1 amide bonds. The predicted octanol–water partition coefficient (Wildman–Crippen LogP) is 0.254. The molecule has 0 bridgehead atoms. The third kappa shape index (κ3) is 4.62. The van der Waals surface area contributed by atoms with E-state index in [-0.39, 0.29) is 30.5 Å². The molecule has 0 saturated carbocycles. The molecule has 0 spiro atoms. The van der Waals surface area contributed by atoms with E-state index in [0.29, 0.717) is 30.3 Å². The minimum Gasteiger partial charge on any atom is -0.497 e. The third-order valence-electron chi connectivity index (χ3n) is 3.75. The average Bonchev–Trinajstić information content (AvgIpc) is 2.62. The smallest absolute Gasteiger partial charge is 0.243 e. The molecule has 2 rings (SSSR count). The molecule has 7 nitrogen and oxygen atoms in total. The highest BCUT2D eigenvalue weighted by molar-refractivity contribution is 7.99. The van der Waals surface area contributed by atoms with E-state index in [2.05, 4.69) is 0 Å². The molecule has 134 valence electrons. The summed E-state index contributed by atoms with van der Waals surface area (Å²) in [5.74, 6) is 1.42. The van der Waals surface area contributed by atoms with Gasteiger partial charge in [-0.25, -0.2) is 8.42 Å². The van der Waals surface area contributed by atoms with Crippen LogP contribution in [0, 0.1) is 0 Å². The van der Waals surface area contributed by atoms with Crippen molar-refractivity contribution in [3.63, 3.8) is 0 Å². The molecule has 0 radical (unpaired) electrons. The van der Waals surface area contributed by atoms with Gasteiger partial charge in [0.25, 0.3) is 0 Å². The third-order valence-corrected chi connectivity index (χ3v) is 6.58. The molecule has 9 heteroatoms. The molecule has 0 aromatic heterocycles. The lowest BCUT2D eigenvalue weighted by Gasteiger charge is -2.34. The Hall–Kier alpha value is -1.29. The first-order valence-electron chi connectivity index (χ1n) is 7.59. The van der Waals surface area contributed by atoms with Crippen LogP contribution in [0.1, 0.15) is 0 Å². The number of thioether (sulfide) groups is 1. The number of piperazine rings is 1. The van der Waals surface area contributed by atoms with Crippen LogP contribution in [-0.4, -0.2) is 80.0 Å². The number of sulfonamides is 1. The minimum absolute atomic E-state index is 0.0186. The zero-order valence-corrected chi connectivity index (χ0v) is 15.2. The fourth-order valence-corrected chi connectivity index (χ4v) is 4.44. The van der Waals surface area contributed by atoms with Crippen LogP contribution < -0.4 is 4.74 Å². The van der Waals surface area contributed by atoms with Gasteiger partial charge in [-0.15, -0.1) is 11.8 Å². The quantitative estimate of drug-likeness (QED) is 0.689. The standard InChI is InChI=1S/C15H22N2O5S2/c1-22-13-2-4-14(5-3-13)24(20,21)17-8-6-16(7-9-17)15(19)12-23-11-10-18/h2-5,18H,6-12H2,1H3. The Kier molecular flexibility index (Phi) is 6.90. The SMILES string of the molecule is COc1ccc(S(=O)(=O)N2CCN(C(=O)CSCCO)CC2)cc1. The van der Waals surface area contributed by atoms with Crippen molar-refractivity contribution < 1.29 is 23.1 Å². The lowest BCUT2D eigenvalue weighted by Crippen LogP contribution is -2.51. The van der Waals surface area contributed by atoms with Crippen LogP contribution in [0.15, 0.2) is 29.2 Å². The van der Waals surface area contributed by atoms with Crippen molar-refractivity contribution in [2.24, 2.45) is 0 Å². The summed E-state index contributed by atoms with van der Waals surface area (Å²) in [7, 11) is -2.03. The Morgan fingerprint density at radius 2 is 1.83 bits per heavy atom. The number of benzene rings is 1. The van der Waals surface area contributed by atoms with E-state index in [9.17, 15) is 13.2 Å². The molecule has 1 N–H and O–H groups in total. The number of rotatable bonds is 7. The molecule has 24 heavy (non-hydrogen) atoms. The summed E-state index contributed by atoms with van der Waals surface area (Å²) in [6.07, 6.45) is 0. The van der Waals surface area contributed by atoms with E-state index in [0.717, 1.165) is 0 Å². The van der Waals surface area contributed by atoms with Crippen LogP contribution in [0.5, 0.6) is 5.75 Å². The Bertz CT molecular complexity index is 640. The monoisotopic (exact) mass is 374 g/mol. The number of hydrogen-bond acceptors (Lipinski definition) is 6. The summed E-state index contributed by atoms with van der Waals surface area (Å²) >= 11 is 1.38. The van der Waals surface area contributed by atoms with Crippen molar-refractivity contribution in [3.05, 3.63) is 24.3 Å². The largest absolute Gasteiger partial charge is 0.497 e. The number of ether oxygens (including phenoxy) is 1. The summed E-state index contributed by atoms with van der Waals surface area (Å²) in [6, 6.07) is 6.28.